The topological polar surface area (TPSA) is 54.7 Å². The zero-order chi connectivity index (χ0) is 6.69. The number of hydrogen-bond donors (Lipinski definition) is 2. The van der Waals surface area contributed by atoms with Crippen molar-refractivity contribution in [3.05, 3.63) is 18.2 Å². The molecule has 0 unspecified atom stereocenters. The summed E-state index contributed by atoms with van der Waals surface area (Å²) in [5.41, 5.74) is 5.26. The van der Waals surface area contributed by atoms with Crippen molar-refractivity contribution < 1.29 is 0 Å². The summed E-state index contributed by atoms with van der Waals surface area (Å²) in [4.78, 5) is 7.29. The Hall–Kier alpha value is -0.900. The van der Waals surface area contributed by atoms with Crippen LogP contribution in [0.1, 0.15) is 5.82 Å². The molecule has 0 bridgehead atoms. The molecule has 1 heterocycles. The molecule has 1 rings (SSSR count). The van der Waals surface area contributed by atoms with Crippen molar-refractivity contribution in [2.24, 2.45) is 5.73 Å². The van der Waals surface area contributed by atoms with Crippen molar-refractivity contribution in [3.63, 3.8) is 0 Å². The normalized spacial score (nSPS) is 9.33. The lowest BCUT2D eigenvalue weighted by atomic mass is 10.4. The quantitative estimate of drug-likeness (QED) is 0.580. The van der Waals surface area contributed by atoms with Gasteiger partial charge in [-0.25, -0.2) is 4.98 Å². The molecule has 3 nitrogen and oxygen atoms in total. The van der Waals surface area contributed by atoms with Crippen LogP contribution in [-0.4, -0.2) is 15.0 Å². The van der Waals surface area contributed by atoms with Gasteiger partial charge in [0, 0.05) is 12.4 Å². The van der Waals surface area contributed by atoms with Gasteiger partial charge >= 0.3 is 0 Å². The number of rotatable bonds is 2. The van der Waals surface area contributed by atoms with Gasteiger partial charge in [-0.1, -0.05) is 12.2 Å². The number of imidazole rings is 1. The maximum atomic E-state index is 5.26. The molecule has 0 saturated carbocycles. The van der Waals surface area contributed by atoms with Crippen LogP contribution in [0.5, 0.6) is 0 Å². The summed E-state index contributed by atoms with van der Waals surface area (Å²) in [5, 5.41) is 0. The fourth-order valence-electron chi connectivity index (χ4n) is 0.560. The van der Waals surface area contributed by atoms with Gasteiger partial charge in [-0.2, -0.15) is 0 Å². The van der Waals surface area contributed by atoms with E-state index in [0.717, 1.165) is 5.82 Å². The highest BCUT2D eigenvalue weighted by atomic mass is 32.1. The van der Waals surface area contributed by atoms with E-state index in [4.69, 9.17) is 5.73 Å². The van der Waals surface area contributed by atoms with Crippen molar-refractivity contribution in [1.29, 1.82) is 0 Å². The van der Waals surface area contributed by atoms with Gasteiger partial charge < -0.3 is 10.7 Å². The van der Waals surface area contributed by atoms with E-state index in [-0.39, 0.29) is 0 Å². The number of hydrogen-bond acceptors (Lipinski definition) is 2. The van der Waals surface area contributed by atoms with E-state index >= 15 is 0 Å². The van der Waals surface area contributed by atoms with Crippen LogP contribution >= 0.6 is 12.2 Å². The standard InChI is InChI=1S/C5H7N3S/c6-4(9)3-5-7-1-2-8-5/h1-2H,3H2,(H2,6,9)(H,7,8). The average molecular weight is 141 g/mol. The highest BCUT2D eigenvalue weighted by Crippen LogP contribution is 1.88. The Morgan fingerprint density at radius 1 is 1.89 bits per heavy atom. The Labute approximate surface area is 58.3 Å². The van der Waals surface area contributed by atoms with Crippen LogP contribution in [0.3, 0.4) is 0 Å². The van der Waals surface area contributed by atoms with Crippen molar-refractivity contribution in [1.82, 2.24) is 9.97 Å². The Morgan fingerprint density at radius 2 is 2.67 bits per heavy atom. The van der Waals surface area contributed by atoms with Gasteiger partial charge in [-0.3, -0.25) is 0 Å². The molecule has 0 aliphatic heterocycles. The first kappa shape index (κ1) is 6.22. The van der Waals surface area contributed by atoms with Crippen LogP contribution in [0.15, 0.2) is 12.4 Å². The lowest BCUT2D eigenvalue weighted by Crippen LogP contribution is -2.11. The van der Waals surface area contributed by atoms with E-state index in [9.17, 15) is 0 Å². The zero-order valence-corrected chi connectivity index (χ0v) is 5.61. The summed E-state index contributed by atoms with van der Waals surface area (Å²) in [5.74, 6) is 0.822. The number of thiocarbonyl (C=S) groups is 1. The highest BCUT2D eigenvalue weighted by Gasteiger charge is 1.93. The Balaban J connectivity index is 2.58. The molecule has 3 N–H and O–H groups in total. The van der Waals surface area contributed by atoms with Gasteiger partial charge in [-0.05, 0) is 0 Å². The molecule has 4 heteroatoms. The first-order chi connectivity index (χ1) is 4.29. The molecule has 9 heavy (non-hydrogen) atoms. The fourth-order valence-corrected chi connectivity index (χ4v) is 0.696. The molecule has 1 aromatic heterocycles. The molecule has 0 spiro atoms. The zero-order valence-electron chi connectivity index (χ0n) is 4.79. The molecule has 0 saturated heterocycles. The Kier molecular flexibility index (Phi) is 1.79. The molecular formula is C5H7N3S. The van der Waals surface area contributed by atoms with Crippen molar-refractivity contribution in [2.45, 2.75) is 6.42 Å². The maximum absolute atomic E-state index is 5.26. The predicted molar refractivity (Wildman–Crippen MR) is 39.1 cm³/mol. The molecule has 0 aliphatic carbocycles. The van der Waals surface area contributed by atoms with E-state index in [0.29, 0.717) is 11.4 Å². The van der Waals surface area contributed by atoms with Crippen LogP contribution in [-0.2, 0) is 6.42 Å². The Bertz CT molecular complexity index is 192. The summed E-state index contributed by atoms with van der Waals surface area (Å²) < 4.78 is 0. The first-order valence-corrected chi connectivity index (χ1v) is 2.96. The van der Waals surface area contributed by atoms with Crippen LogP contribution in [0, 0.1) is 0 Å². The van der Waals surface area contributed by atoms with E-state index < -0.39 is 0 Å². The maximum Gasteiger partial charge on any atom is 0.112 e. The van der Waals surface area contributed by atoms with E-state index in [1.165, 1.54) is 0 Å². The third-order valence-corrected chi connectivity index (χ3v) is 1.04. The third kappa shape index (κ3) is 1.81. The lowest BCUT2D eigenvalue weighted by Gasteiger charge is -1.89. The highest BCUT2D eigenvalue weighted by molar-refractivity contribution is 7.80. The summed E-state index contributed by atoms with van der Waals surface area (Å²) in [6, 6.07) is 0. The minimum absolute atomic E-state index is 0.463. The van der Waals surface area contributed by atoms with Crippen LogP contribution < -0.4 is 5.73 Å². The molecule has 0 atom stereocenters. The predicted octanol–water partition coefficient (Wildman–Crippen LogP) is 0.238. The minimum Gasteiger partial charge on any atom is -0.393 e. The molecular weight excluding hydrogens is 134 g/mol. The molecule has 1 aromatic rings. The monoisotopic (exact) mass is 141 g/mol. The van der Waals surface area contributed by atoms with Crippen LogP contribution in [0.4, 0.5) is 0 Å². The second-order valence-corrected chi connectivity index (χ2v) is 2.20. The average Bonchev–Trinajstić information content (AvgIpc) is 2.15. The molecule has 0 radical (unpaired) electrons. The van der Waals surface area contributed by atoms with E-state index in [1.807, 2.05) is 0 Å². The number of aromatic amines is 1. The van der Waals surface area contributed by atoms with Gasteiger partial charge in [0.1, 0.15) is 5.82 Å². The summed E-state index contributed by atoms with van der Waals surface area (Å²) in [7, 11) is 0. The Morgan fingerprint density at radius 3 is 3.11 bits per heavy atom. The summed E-state index contributed by atoms with van der Waals surface area (Å²) in [6.45, 7) is 0. The lowest BCUT2D eigenvalue weighted by molar-refractivity contribution is 1.09. The smallest absolute Gasteiger partial charge is 0.112 e. The van der Waals surface area contributed by atoms with Crippen LogP contribution in [0.2, 0.25) is 0 Å². The van der Waals surface area contributed by atoms with Gasteiger partial charge in [0.05, 0.1) is 11.4 Å². The third-order valence-electron chi connectivity index (χ3n) is 0.897. The SMILES string of the molecule is NC(=S)Cc1ncc[nH]1. The molecule has 48 valence electrons. The van der Waals surface area contributed by atoms with Gasteiger partial charge in [0.15, 0.2) is 0 Å². The number of nitrogens with two attached hydrogens (primary N) is 1. The second kappa shape index (κ2) is 2.59. The number of nitrogens with zero attached hydrogens (tertiary/aromatic N) is 1. The summed E-state index contributed by atoms with van der Waals surface area (Å²) in [6.07, 6.45) is 3.98. The number of nitrogens with one attached hydrogen (secondary N) is 1. The molecule has 0 aliphatic rings. The van der Waals surface area contributed by atoms with Crippen LogP contribution in [0.25, 0.3) is 0 Å². The first-order valence-electron chi connectivity index (χ1n) is 2.55. The molecule has 0 amide bonds. The van der Waals surface area contributed by atoms with Crippen molar-refractivity contribution in [3.8, 4) is 0 Å². The van der Waals surface area contributed by atoms with E-state index in [2.05, 4.69) is 22.2 Å². The minimum atomic E-state index is 0.463. The summed E-state index contributed by atoms with van der Waals surface area (Å²) >= 11 is 4.66. The number of aromatic nitrogens is 2. The van der Waals surface area contributed by atoms with Gasteiger partial charge in [0.2, 0.25) is 0 Å². The fraction of sp³-hybridized carbons (Fsp3) is 0.200. The largest absolute Gasteiger partial charge is 0.393 e. The molecule has 0 fully saturated rings. The van der Waals surface area contributed by atoms with Gasteiger partial charge in [-0.15, -0.1) is 0 Å². The molecule has 0 aromatic carbocycles. The number of H-pyrrole nitrogens is 1. The second-order valence-electron chi connectivity index (χ2n) is 1.68. The van der Waals surface area contributed by atoms with Crippen molar-refractivity contribution in [2.75, 3.05) is 0 Å². The van der Waals surface area contributed by atoms with E-state index in [1.54, 1.807) is 12.4 Å². The van der Waals surface area contributed by atoms with Crippen molar-refractivity contribution >= 4 is 17.2 Å². The van der Waals surface area contributed by atoms with Gasteiger partial charge in [0.25, 0.3) is 0 Å².